The second-order valence-corrected chi connectivity index (χ2v) is 9.01. The molecule has 0 aliphatic heterocycles. The number of hydrogen-bond donors (Lipinski definition) is 1. The molecule has 1 N–H and O–H groups in total. The Morgan fingerprint density at radius 1 is 0.893 bits per heavy atom. The molecule has 0 aromatic heterocycles. The summed E-state index contributed by atoms with van der Waals surface area (Å²) in [5.74, 6) is 1.34. The lowest BCUT2D eigenvalue weighted by atomic mass is 9.80. The van der Waals surface area contributed by atoms with E-state index in [1.54, 1.807) is 0 Å². The first kappa shape index (κ1) is 21.8. The zero-order valence-corrected chi connectivity index (χ0v) is 18.2. The SMILES string of the molecule is CCOc1ccc(NC(=O)COc2ccc(C(C)(C)C)cc2C(C)(C)C)cc1. The Morgan fingerprint density at radius 3 is 2.07 bits per heavy atom. The Labute approximate surface area is 169 Å². The van der Waals surface area contributed by atoms with E-state index in [1.165, 1.54) is 5.56 Å². The van der Waals surface area contributed by atoms with E-state index in [0.29, 0.717) is 6.61 Å². The van der Waals surface area contributed by atoms with E-state index >= 15 is 0 Å². The van der Waals surface area contributed by atoms with Gasteiger partial charge in [-0.15, -0.1) is 0 Å². The molecular weight excluding hydrogens is 350 g/mol. The highest BCUT2D eigenvalue weighted by molar-refractivity contribution is 5.91. The van der Waals surface area contributed by atoms with Gasteiger partial charge in [-0.05, 0) is 59.2 Å². The van der Waals surface area contributed by atoms with Gasteiger partial charge in [-0.3, -0.25) is 4.79 Å². The van der Waals surface area contributed by atoms with Gasteiger partial charge in [-0.25, -0.2) is 0 Å². The molecule has 0 saturated carbocycles. The van der Waals surface area contributed by atoms with Crippen molar-refractivity contribution in [3.63, 3.8) is 0 Å². The molecular formula is C24H33NO3. The number of nitrogens with one attached hydrogen (secondary N) is 1. The summed E-state index contributed by atoms with van der Waals surface area (Å²) >= 11 is 0. The average Bonchev–Trinajstić information content (AvgIpc) is 2.60. The minimum Gasteiger partial charge on any atom is -0.494 e. The molecule has 0 bridgehead atoms. The number of carbonyl (C=O) groups excluding carboxylic acids is 1. The highest BCUT2D eigenvalue weighted by Crippen LogP contribution is 2.35. The predicted octanol–water partition coefficient (Wildman–Crippen LogP) is 5.70. The van der Waals surface area contributed by atoms with Crippen LogP contribution < -0.4 is 14.8 Å². The van der Waals surface area contributed by atoms with Crippen LogP contribution in [0.15, 0.2) is 42.5 Å². The van der Waals surface area contributed by atoms with Gasteiger partial charge in [0.2, 0.25) is 0 Å². The van der Waals surface area contributed by atoms with Crippen molar-refractivity contribution in [3.8, 4) is 11.5 Å². The van der Waals surface area contributed by atoms with E-state index in [9.17, 15) is 4.79 Å². The van der Waals surface area contributed by atoms with Crippen LogP contribution in [0.3, 0.4) is 0 Å². The Balaban J connectivity index is 2.07. The third-order valence-corrected chi connectivity index (χ3v) is 4.46. The minimum absolute atomic E-state index is 0.0366. The molecule has 0 radical (unpaired) electrons. The third kappa shape index (κ3) is 6.01. The second-order valence-electron chi connectivity index (χ2n) is 9.01. The molecule has 4 nitrogen and oxygen atoms in total. The molecule has 0 unspecified atom stereocenters. The summed E-state index contributed by atoms with van der Waals surface area (Å²) in [7, 11) is 0. The van der Waals surface area contributed by atoms with E-state index in [4.69, 9.17) is 9.47 Å². The first-order chi connectivity index (χ1) is 13.0. The van der Waals surface area contributed by atoms with Gasteiger partial charge < -0.3 is 14.8 Å². The van der Waals surface area contributed by atoms with Gasteiger partial charge in [-0.1, -0.05) is 53.7 Å². The summed E-state index contributed by atoms with van der Waals surface area (Å²) in [4.78, 5) is 12.3. The van der Waals surface area contributed by atoms with Crippen LogP contribution in [0.2, 0.25) is 0 Å². The Hall–Kier alpha value is -2.49. The van der Waals surface area contributed by atoms with Gasteiger partial charge >= 0.3 is 0 Å². The van der Waals surface area contributed by atoms with Crippen LogP contribution in [-0.4, -0.2) is 19.1 Å². The van der Waals surface area contributed by atoms with Crippen molar-refractivity contribution in [3.05, 3.63) is 53.6 Å². The van der Waals surface area contributed by atoms with E-state index < -0.39 is 0 Å². The standard InChI is InChI=1S/C24H33NO3/c1-8-27-19-12-10-18(11-13-19)25-22(26)16-28-21-14-9-17(23(2,3)4)15-20(21)24(5,6)7/h9-15H,8,16H2,1-7H3,(H,25,26). The molecule has 0 spiro atoms. The molecule has 0 aliphatic rings. The van der Waals surface area contributed by atoms with Gasteiger partial charge in [0.1, 0.15) is 11.5 Å². The Kier molecular flexibility index (Phi) is 6.76. The van der Waals surface area contributed by atoms with Gasteiger partial charge in [0, 0.05) is 5.69 Å². The maximum absolute atomic E-state index is 12.3. The predicted molar refractivity (Wildman–Crippen MR) is 116 cm³/mol. The summed E-state index contributed by atoms with van der Waals surface area (Å²) < 4.78 is 11.3. The number of amides is 1. The third-order valence-electron chi connectivity index (χ3n) is 4.46. The first-order valence-electron chi connectivity index (χ1n) is 9.81. The highest BCUT2D eigenvalue weighted by Gasteiger charge is 2.23. The lowest BCUT2D eigenvalue weighted by molar-refractivity contribution is -0.118. The number of carbonyl (C=O) groups is 1. The lowest BCUT2D eigenvalue weighted by Gasteiger charge is -2.27. The molecule has 0 aliphatic carbocycles. The first-order valence-corrected chi connectivity index (χ1v) is 9.81. The minimum atomic E-state index is -0.191. The molecule has 0 atom stereocenters. The zero-order chi connectivity index (χ0) is 20.9. The van der Waals surface area contributed by atoms with E-state index in [-0.39, 0.29) is 23.3 Å². The number of ether oxygens (including phenoxy) is 2. The molecule has 28 heavy (non-hydrogen) atoms. The van der Waals surface area contributed by atoms with Crippen LogP contribution in [0.4, 0.5) is 5.69 Å². The smallest absolute Gasteiger partial charge is 0.262 e. The van der Waals surface area contributed by atoms with Crippen molar-refractivity contribution in [2.45, 2.75) is 59.3 Å². The molecule has 4 heteroatoms. The molecule has 0 fully saturated rings. The Morgan fingerprint density at radius 2 is 1.54 bits per heavy atom. The maximum Gasteiger partial charge on any atom is 0.262 e. The van der Waals surface area contributed by atoms with Crippen molar-refractivity contribution in [1.29, 1.82) is 0 Å². The van der Waals surface area contributed by atoms with E-state index in [1.807, 2.05) is 37.3 Å². The lowest BCUT2D eigenvalue weighted by Crippen LogP contribution is -2.22. The molecule has 152 valence electrons. The molecule has 2 aromatic rings. The van der Waals surface area contributed by atoms with Gasteiger partial charge in [0.05, 0.1) is 6.61 Å². The van der Waals surface area contributed by atoms with Gasteiger partial charge in [0.25, 0.3) is 5.91 Å². The van der Waals surface area contributed by atoms with Crippen molar-refractivity contribution >= 4 is 11.6 Å². The van der Waals surface area contributed by atoms with Gasteiger partial charge in [0.15, 0.2) is 6.61 Å². The van der Waals surface area contributed by atoms with Crippen molar-refractivity contribution < 1.29 is 14.3 Å². The number of anilines is 1. The van der Waals surface area contributed by atoms with Crippen molar-refractivity contribution in [1.82, 2.24) is 0 Å². The summed E-state index contributed by atoms with van der Waals surface area (Å²) in [6.45, 7) is 15.6. The topological polar surface area (TPSA) is 47.6 Å². The van der Waals surface area contributed by atoms with Crippen LogP contribution >= 0.6 is 0 Å². The zero-order valence-electron chi connectivity index (χ0n) is 18.2. The van der Waals surface area contributed by atoms with E-state index in [0.717, 1.165) is 22.7 Å². The fraction of sp³-hybridized carbons (Fsp3) is 0.458. The summed E-state index contributed by atoms with van der Waals surface area (Å²) in [6, 6.07) is 13.6. The number of hydrogen-bond acceptors (Lipinski definition) is 3. The number of rotatable bonds is 6. The van der Waals surface area contributed by atoms with Crippen molar-refractivity contribution in [2.24, 2.45) is 0 Å². The maximum atomic E-state index is 12.3. The van der Waals surface area contributed by atoms with Crippen molar-refractivity contribution in [2.75, 3.05) is 18.5 Å². The molecule has 2 rings (SSSR count). The molecule has 0 heterocycles. The molecule has 2 aromatic carbocycles. The van der Waals surface area contributed by atoms with Crippen LogP contribution in [0, 0.1) is 0 Å². The fourth-order valence-corrected chi connectivity index (χ4v) is 2.85. The van der Waals surface area contributed by atoms with Crippen LogP contribution in [-0.2, 0) is 15.6 Å². The monoisotopic (exact) mass is 383 g/mol. The van der Waals surface area contributed by atoms with Gasteiger partial charge in [-0.2, -0.15) is 0 Å². The molecule has 1 amide bonds. The average molecular weight is 384 g/mol. The number of benzene rings is 2. The Bertz CT molecular complexity index is 796. The second kappa shape index (κ2) is 8.68. The summed E-state index contributed by atoms with van der Waals surface area (Å²) in [5, 5.41) is 2.86. The quantitative estimate of drug-likeness (QED) is 0.696. The van der Waals surface area contributed by atoms with E-state index in [2.05, 4.69) is 59.0 Å². The summed E-state index contributed by atoms with van der Waals surface area (Å²) in [6.07, 6.45) is 0. The van der Waals surface area contributed by atoms with Crippen LogP contribution in [0.1, 0.15) is 59.6 Å². The fourth-order valence-electron chi connectivity index (χ4n) is 2.85. The van der Waals surface area contributed by atoms with Crippen LogP contribution in [0.5, 0.6) is 11.5 Å². The highest BCUT2D eigenvalue weighted by atomic mass is 16.5. The normalized spacial score (nSPS) is 11.8. The largest absolute Gasteiger partial charge is 0.494 e. The molecule has 0 saturated heterocycles. The summed E-state index contributed by atoms with van der Waals surface area (Å²) in [5.41, 5.74) is 3.06. The van der Waals surface area contributed by atoms with Crippen LogP contribution in [0.25, 0.3) is 0 Å².